The molecule has 0 atom stereocenters. The van der Waals surface area contributed by atoms with Gasteiger partial charge >= 0.3 is 0 Å². The molecule has 29 heavy (non-hydrogen) atoms. The summed E-state index contributed by atoms with van der Waals surface area (Å²) in [5.41, 5.74) is 4.58. The van der Waals surface area contributed by atoms with Crippen molar-refractivity contribution in [2.45, 2.75) is 13.1 Å². The van der Waals surface area contributed by atoms with Crippen molar-refractivity contribution in [3.63, 3.8) is 0 Å². The van der Waals surface area contributed by atoms with Crippen molar-refractivity contribution in [1.82, 2.24) is 5.32 Å². The molecule has 3 aromatic rings. The van der Waals surface area contributed by atoms with Crippen LogP contribution in [0, 0.1) is 0 Å². The number of anilines is 2. The molecule has 150 valence electrons. The van der Waals surface area contributed by atoms with E-state index in [4.69, 9.17) is 17.0 Å². The third-order valence-corrected chi connectivity index (χ3v) is 5.07. The molecule has 0 radical (unpaired) electrons. The fraction of sp³-hybridized carbons (Fsp3) is 0.208. The predicted octanol–water partition coefficient (Wildman–Crippen LogP) is 4.84. The quantitative estimate of drug-likeness (QED) is 0.568. The first-order valence-corrected chi connectivity index (χ1v) is 9.97. The molecule has 0 amide bonds. The zero-order valence-electron chi connectivity index (χ0n) is 17.1. The number of rotatable bonds is 7. The Kier molecular flexibility index (Phi) is 7.09. The molecule has 0 spiro atoms. The minimum Gasteiger partial charge on any atom is -0.497 e. The second kappa shape index (κ2) is 9.94. The number of methoxy groups -OCH3 is 1. The van der Waals surface area contributed by atoms with E-state index in [0.29, 0.717) is 18.2 Å². The fourth-order valence-electron chi connectivity index (χ4n) is 2.99. The lowest BCUT2D eigenvalue weighted by molar-refractivity contribution is 0.415. The third kappa shape index (κ3) is 5.72. The van der Waals surface area contributed by atoms with Gasteiger partial charge in [0.25, 0.3) is 0 Å². The number of nitrogens with zero attached hydrogens (tertiary/aromatic N) is 2. The Bertz CT molecular complexity index is 909. The summed E-state index contributed by atoms with van der Waals surface area (Å²) in [4.78, 5) is 4.21. The van der Waals surface area contributed by atoms with E-state index in [1.165, 1.54) is 16.8 Å². The molecule has 0 aliphatic heterocycles. The summed E-state index contributed by atoms with van der Waals surface area (Å²) in [5.74, 6) is 0.826. The van der Waals surface area contributed by atoms with Gasteiger partial charge in [-0.3, -0.25) is 0 Å². The van der Waals surface area contributed by atoms with Crippen LogP contribution in [0.5, 0.6) is 5.75 Å². The lowest BCUT2D eigenvalue weighted by Gasteiger charge is -2.27. The molecule has 0 aliphatic rings. The monoisotopic (exact) mass is 405 g/mol. The van der Waals surface area contributed by atoms with Gasteiger partial charge in [-0.2, -0.15) is 0 Å². The van der Waals surface area contributed by atoms with Crippen LogP contribution < -0.4 is 19.9 Å². The normalized spacial score (nSPS) is 10.3. The van der Waals surface area contributed by atoms with Gasteiger partial charge in [0.15, 0.2) is 5.11 Å². The second-order valence-corrected chi connectivity index (χ2v) is 7.38. The highest BCUT2D eigenvalue weighted by Crippen LogP contribution is 2.22. The van der Waals surface area contributed by atoms with Gasteiger partial charge in [0, 0.05) is 32.0 Å². The van der Waals surface area contributed by atoms with Gasteiger partial charge in [0.05, 0.1) is 13.7 Å². The third-order valence-electron chi connectivity index (χ3n) is 4.71. The van der Waals surface area contributed by atoms with Crippen LogP contribution in [0.25, 0.3) is 0 Å². The van der Waals surface area contributed by atoms with Crippen LogP contribution in [0.15, 0.2) is 78.9 Å². The first kappa shape index (κ1) is 20.7. The molecule has 1 N–H and O–H groups in total. The van der Waals surface area contributed by atoms with Crippen LogP contribution in [-0.4, -0.2) is 26.3 Å². The Morgan fingerprint density at radius 3 is 2.03 bits per heavy atom. The minimum absolute atomic E-state index is 0.681. The molecule has 0 saturated heterocycles. The first-order chi connectivity index (χ1) is 14.1. The summed E-state index contributed by atoms with van der Waals surface area (Å²) in [6.07, 6.45) is 0. The van der Waals surface area contributed by atoms with Gasteiger partial charge in [-0.25, -0.2) is 0 Å². The molecule has 0 fully saturated rings. The molecule has 0 saturated carbocycles. The van der Waals surface area contributed by atoms with Gasteiger partial charge in [0.2, 0.25) is 0 Å². The number of nitrogens with one attached hydrogen (secondary N) is 1. The summed E-state index contributed by atoms with van der Waals surface area (Å²) in [5, 5.41) is 4.08. The Balaban J connectivity index is 1.79. The maximum atomic E-state index is 5.76. The Morgan fingerprint density at radius 1 is 0.828 bits per heavy atom. The molecule has 0 unspecified atom stereocenters. The van der Waals surface area contributed by atoms with Crippen molar-refractivity contribution in [1.29, 1.82) is 0 Å². The highest BCUT2D eigenvalue weighted by molar-refractivity contribution is 7.80. The number of thiocarbonyl (C=S) groups is 1. The summed E-state index contributed by atoms with van der Waals surface area (Å²) in [6, 6.07) is 26.8. The molecule has 3 aromatic carbocycles. The molecule has 0 aliphatic carbocycles. The molecule has 4 nitrogen and oxygen atoms in total. The van der Waals surface area contributed by atoms with Crippen LogP contribution in [0.4, 0.5) is 11.4 Å². The zero-order valence-corrected chi connectivity index (χ0v) is 17.9. The highest BCUT2D eigenvalue weighted by Gasteiger charge is 2.13. The Morgan fingerprint density at radius 2 is 1.45 bits per heavy atom. The van der Waals surface area contributed by atoms with Crippen molar-refractivity contribution in [2.24, 2.45) is 0 Å². The van der Waals surface area contributed by atoms with Crippen LogP contribution in [0.2, 0.25) is 0 Å². The SMILES string of the molecule is COc1ccc(N(Cc2ccc(N(C)C)cc2)C(=S)NCc2ccccc2)cc1. The lowest BCUT2D eigenvalue weighted by atomic mass is 10.1. The number of hydrogen-bond acceptors (Lipinski definition) is 3. The van der Waals surface area contributed by atoms with Crippen LogP contribution in [0.3, 0.4) is 0 Å². The molecule has 3 rings (SSSR count). The van der Waals surface area contributed by atoms with E-state index in [2.05, 4.69) is 51.5 Å². The van der Waals surface area contributed by atoms with E-state index in [0.717, 1.165) is 11.4 Å². The number of benzene rings is 3. The summed E-state index contributed by atoms with van der Waals surface area (Å²) in [7, 11) is 5.76. The standard InChI is InChI=1S/C24H27N3OS/c1-26(2)21-11-9-20(10-12-21)18-27(22-13-15-23(28-3)16-14-22)24(29)25-17-19-7-5-4-6-8-19/h4-16H,17-18H2,1-3H3,(H,25,29). The largest absolute Gasteiger partial charge is 0.497 e. The smallest absolute Gasteiger partial charge is 0.174 e. The molecular formula is C24H27N3OS. The van der Waals surface area contributed by atoms with Gasteiger partial charge in [0.1, 0.15) is 5.75 Å². The fourth-order valence-corrected chi connectivity index (χ4v) is 3.24. The highest BCUT2D eigenvalue weighted by atomic mass is 32.1. The molecular weight excluding hydrogens is 378 g/mol. The van der Waals surface area contributed by atoms with Crippen molar-refractivity contribution >= 4 is 28.7 Å². The maximum Gasteiger partial charge on any atom is 0.174 e. The zero-order chi connectivity index (χ0) is 20.6. The predicted molar refractivity (Wildman–Crippen MR) is 126 cm³/mol. The van der Waals surface area contributed by atoms with Crippen molar-refractivity contribution < 1.29 is 4.74 Å². The molecule has 0 heterocycles. The van der Waals surface area contributed by atoms with Crippen LogP contribution >= 0.6 is 12.2 Å². The van der Waals surface area contributed by atoms with E-state index >= 15 is 0 Å². The lowest BCUT2D eigenvalue weighted by Crippen LogP contribution is -2.39. The van der Waals surface area contributed by atoms with Gasteiger partial charge < -0.3 is 19.9 Å². The topological polar surface area (TPSA) is 27.7 Å². The molecule has 0 bridgehead atoms. The minimum atomic E-state index is 0.681. The van der Waals surface area contributed by atoms with Crippen LogP contribution in [0.1, 0.15) is 11.1 Å². The number of ether oxygens (including phenoxy) is 1. The molecule has 5 heteroatoms. The van der Waals surface area contributed by atoms with Crippen molar-refractivity contribution in [2.75, 3.05) is 31.0 Å². The first-order valence-electron chi connectivity index (χ1n) is 9.56. The van der Waals surface area contributed by atoms with Gasteiger partial charge in [-0.05, 0) is 59.7 Å². The second-order valence-electron chi connectivity index (χ2n) is 6.99. The maximum absolute atomic E-state index is 5.76. The van der Waals surface area contributed by atoms with Gasteiger partial charge in [-0.1, -0.05) is 42.5 Å². The summed E-state index contributed by atoms with van der Waals surface area (Å²) in [6.45, 7) is 1.37. The average Bonchev–Trinajstić information content (AvgIpc) is 2.77. The number of hydrogen-bond donors (Lipinski definition) is 1. The van der Waals surface area contributed by atoms with E-state index in [1.54, 1.807) is 7.11 Å². The van der Waals surface area contributed by atoms with Crippen molar-refractivity contribution in [3.8, 4) is 5.75 Å². The van der Waals surface area contributed by atoms with E-state index < -0.39 is 0 Å². The Labute approximate surface area is 178 Å². The Hall–Kier alpha value is -3.05. The average molecular weight is 406 g/mol. The van der Waals surface area contributed by atoms with E-state index in [-0.39, 0.29) is 0 Å². The van der Waals surface area contributed by atoms with Gasteiger partial charge in [-0.15, -0.1) is 0 Å². The summed E-state index contributed by atoms with van der Waals surface area (Å²) >= 11 is 5.76. The summed E-state index contributed by atoms with van der Waals surface area (Å²) < 4.78 is 5.30. The van der Waals surface area contributed by atoms with Crippen LogP contribution in [-0.2, 0) is 13.1 Å². The van der Waals surface area contributed by atoms with Crippen molar-refractivity contribution in [3.05, 3.63) is 90.0 Å². The molecule has 0 aromatic heterocycles. The van der Waals surface area contributed by atoms with E-state index in [9.17, 15) is 0 Å². The van der Waals surface area contributed by atoms with E-state index in [1.807, 2.05) is 56.6 Å².